The molecule has 0 aliphatic rings. The number of rotatable bonds is 4. The molecule has 2 aromatic heterocycles. The first-order valence-electron chi connectivity index (χ1n) is 5.71. The first-order chi connectivity index (χ1) is 9.45. The van der Waals surface area contributed by atoms with Crippen molar-refractivity contribution in [2.24, 2.45) is 0 Å². The molecule has 0 radical (unpaired) electrons. The summed E-state index contributed by atoms with van der Waals surface area (Å²) >= 11 is 2.66. The summed E-state index contributed by atoms with van der Waals surface area (Å²) in [5, 5.41) is 11.9. The van der Waals surface area contributed by atoms with E-state index < -0.39 is 5.97 Å². The lowest BCUT2D eigenvalue weighted by molar-refractivity contribution is -0.131. The number of carbonyl (C=O) groups is 2. The third kappa shape index (κ3) is 3.52. The van der Waals surface area contributed by atoms with Crippen molar-refractivity contribution in [3.8, 4) is 0 Å². The third-order valence-electron chi connectivity index (χ3n) is 2.40. The van der Waals surface area contributed by atoms with E-state index in [1.165, 1.54) is 28.7 Å². The maximum Gasteiger partial charge on any atom is 0.328 e. The minimum absolute atomic E-state index is 0.234. The number of carbonyl (C=O) groups excluding carboxylic acids is 1. The smallest absolute Gasteiger partial charge is 0.328 e. The zero-order valence-corrected chi connectivity index (χ0v) is 12.5. The molecule has 0 aliphatic carbocycles. The summed E-state index contributed by atoms with van der Waals surface area (Å²) in [6.45, 7) is 3.75. The summed E-state index contributed by atoms with van der Waals surface area (Å²) < 4.78 is 0. The van der Waals surface area contributed by atoms with Crippen LogP contribution in [0.15, 0.2) is 18.3 Å². The van der Waals surface area contributed by atoms with Gasteiger partial charge in [-0.3, -0.25) is 10.1 Å². The molecular weight excluding hydrogens is 296 g/mol. The minimum Gasteiger partial charge on any atom is -0.478 e. The minimum atomic E-state index is -1.01. The van der Waals surface area contributed by atoms with Crippen LogP contribution in [0.2, 0.25) is 0 Å². The van der Waals surface area contributed by atoms with E-state index in [0.717, 1.165) is 21.4 Å². The Morgan fingerprint density at radius 2 is 2.10 bits per heavy atom. The van der Waals surface area contributed by atoms with Crippen molar-refractivity contribution in [1.82, 2.24) is 4.98 Å². The van der Waals surface area contributed by atoms with Crippen LogP contribution >= 0.6 is 22.7 Å². The molecule has 5 nitrogen and oxygen atoms in total. The number of hydrogen-bond acceptors (Lipinski definition) is 5. The largest absolute Gasteiger partial charge is 0.478 e. The molecule has 0 bridgehead atoms. The highest BCUT2D eigenvalue weighted by Gasteiger charge is 2.13. The molecule has 0 saturated heterocycles. The summed E-state index contributed by atoms with van der Waals surface area (Å²) in [6, 6.07) is 1.74. The van der Waals surface area contributed by atoms with Gasteiger partial charge >= 0.3 is 5.97 Å². The number of hydrogen-bond donors (Lipinski definition) is 2. The Kier molecular flexibility index (Phi) is 4.31. The Labute approximate surface area is 123 Å². The van der Waals surface area contributed by atoms with Gasteiger partial charge in [0.1, 0.15) is 0 Å². The maximum atomic E-state index is 12.1. The lowest BCUT2D eigenvalue weighted by Gasteiger charge is -1.97. The molecule has 20 heavy (non-hydrogen) atoms. The lowest BCUT2D eigenvalue weighted by atomic mass is 10.2. The van der Waals surface area contributed by atoms with Crippen molar-refractivity contribution in [2.75, 3.05) is 5.32 Å². The monoisotopic (exact) mass is 308 g/mol. The first-order valence-corrected chi connectivity index (χ1v) is 7.34. The summed E-state index contributed by atoms with van der Waals surface area (Å²) in [5.41, 5.74) is 0.868. The number of nitrogens with zero attached hydrogens (tertiary/aromatic N) is 1. The van der Waals surface area contributed by atoms with Crippen molar-refractivity contribution in [2.45, 2.75) is 13.8 Å². The molecule has 0 fully saturated rings. The fraction of sp³-hybridized carbons (Fsp3) is 0.154. The quantitative estimate of drug-likeness (QED) is 0.850. The summed E-state index contributed by atoms with van der Waals surface area (Å²) in [4.78, 5) is 28.9. The van der Waals surface area contributed by atoms with Gasteiger partial charge in [-0.2, -0.15) is 0 Å². The number of anilines is 1. The second-order valence-corrected chi connectivity index (χ2v) is 6.38. The summed E-state index contributed by atoms with van der Waals surface area (Å²) in [7, 11) is 0. The van der Waals surface area contributed by atoms with Crippen LogP contribution in [-0.4, -0.2) is 22.0 Å². The van der Waals surface area contributed by atoms with Crippen molar-refractivity contribution < 1.29 is 14.7 Å². The number of aryl methyl sites for hydroxylation is 2. The molecule has 2 rings (SSSR count). The number of thiophene rings is 1. The van der Waals surface area contributed by atoms with Crippen molar-refractivity contribution in [3.05, 3.63) is 38.5 Å². The topological polar surface area (TPSA) is 79.3 Å². The number of aromatic nitrogens is 1. The molecule has 0 unspecified atom stereocenters. The van der Waals surface area contributed by atoms with Crippen LogP contribution in [0.4, 0.5) is 5.13 Å². The molecular formula is C13H12N2O3S2. The van der Waals surface area contributed by atoms with Crippen LogP contribution < -0.4 is 5.32 Å². The second kappa shape index (κ2) is 5.98. The number of carboxylic acids is 1. The molecule has 1 amide bonds. The van der Waals surface area contributed by atoms with Gasteiger partial charge in [0.2, 0.25) is 0 Å². The SMILES string of the molecule is Cc1cnc(NC(=O)c2cc(C)c(/C=C/C(=O)O)s2)s1. The molecule has 2 N–H and O–H groups in total. The molecule has 2 aromatic rings. The summed E-state index contributed by atoms with van der Waals surface area (Å²) in [6.07, 6.45) is 4.25. The Bertz CT molecular complexity index is 686. The standard InChI is InChI=1S/C13H12N2O3S2/c1-7-5-10(20-9(7)3-4-11(16)17)12(18)15-13-14-6-8(2)19-13/h3-6H,1-2H3,(H,16,17)(H,14,15,18)/b4-3+. The van der Waals surface area contributed by atoms with Crippen LogP contribution in [0, 0.1) is 13.8 Å². The van der Waals surface area contributed by atoms with Crippen LogP contribution in [0.3, 0.4) is 0 Å². The molecule has 0 saturated carbocycles. The van der Waals surface area contributed by atoms with Gasteiger partial charge in [0.05, 0.1) is 4.88 Å². The molecule has 0 aromatic carbocycles. The molecule has 0 spiro atoms. The number of nitrogens with one attached hydrogen (secondary N) is 1. The average Bonchev–Trinajstić information content (AvgIpc) is 2.93. The zero-order chi connectivity index (χ0) is 14.7. The predicted molar refractivity (Wildman–Crippen MR) is 80.5 cm³/mol. The van der Waals surface area contributed by atoms with E-state index in [1.807, 2.05) is 13.8 Å². The van der Waals surface area contributed by atoms with Gasteiger partial charge < -0.3 is 5.11 Å². The molecule has 0 atom stereocenters. The van der Waals surface area contributed by atoms with Gasteiger partial charge in [-0.15, -0.1) is 22.7 Å². The van der Waals surface area contributed by atoms with E-state index in [9.17, 15) is 9.59 Å². The van der Waals surface area contributed by atoms with E-state index in [2.05, 4.69) is 10.3 Å². The van der Waals surface area contributed by atoms with Crippen LogP contribution in [0.5, 0.6) is 0 Å². The van der Waals surface area contributed by atoms with E-state index in [-0.39, 0.29) is 5.91 Å². The zero-order valence-electron chi connectivity index (χ0n) is 10.8. The highest BCUT2D eigenvalue weighted by molar-refractivity contribution is 7.16. The number of carboxylic acid groups (broad SMARTS) is 1. The third-order valence-corrected chi connectivity index (χ3v) is 4.43. The van der Waals surface area contributed by atoms with Crippen LogP contribution in [0.25, 0.3) is 6.08 Å². The van der Waals surface area contributed by atoms with Crippen molar-refractivity contribution in [1.29, 1.82) is 0 Å². The van der Waals surface area contributed by atoms with E-state index in [0.29, 0.717) is 10.0 Å². The van der Waals surface area contributed by atoms with Crippen molar-refractivity contribution >= 4 is 45.8 Å². The van der Waals surface area contributed by atoms with Gasteiger partial charge in [-0.1, -0.05) is 0 Å². The second-order valence-electron chi connectivity index (χ2n) is 4.06. The first kappa shape index (κ1) is 14.4. The number of aliphatic carboxylic acids is 1. The van der Waals surface area contributed by atoms with E-state index in [1.54, 1.807) is 12.3 Å². The highest BCUT2D eigenvalue weighted by atomic mass is 32.1. The maximum absolute atomic E-state index is 12.1. The van der Waals surface area contributed by atoms with Gasteiger partial charge in [-0.05, 0) is 31.6 Å². The average molecular weight is 308 g/mol. The highest BCUT2D eigenvalue weighted by Crippen LogP contribution is 2.25. The number of thiazole rings is 1. The van der Waals surface area contributed by atoms with E-state index in [4.69, 9.17) is 5.11 Å². The fourth-order valence-electron chi connectivity index (χ4n) is 1.49. The van der Waals surface area contributed by atoms with Crippen LogP contribution in [-0.2, 0) is 4.79 Å². The number of amides is 1. The molecule has 104 valence electrons. The van der Waals surface area contributed by atoms with Gasteiger partial charge in [-0.25, -0.2) is 9.78 Å². The van der Waals surface area contributed by atoms with Gasteiger partial charge in [0.25, 0.3) is 5.91 Å². The Morgan fingerprint density at radius 3 is 2.70 bits per heavy atom. The van der Waals surface area contributed by atoms with Crippen molar-refractivity contribution in [3.63, 3.8) is 0 Å². The van der Waals surface area contributed by atoms with Crippen LogP contribution in [0.1, 0.15) is 25.0 Å². The van der Waals surface area contributed by atoms with Gasteiger partial charge in [0.15, 0.2) is 5.13 Å². The normalized spacial score (nSPS) is 10.9. The molecule has 2 heterocycles. The Hall–Kier alpha value is -1.99. The summed E-state index contributed by atoms with van der Waals surface area (Å²) in [5.74, 6) is -1.25. The molecule has 0 aliphatic heterocycles. The van der Waals surface area contributed by atoms with E-state index >= 15 is 0 Å². The Balaban J connectivity index is 2.15. The molecule has 7 heteroatoms. The lowest BCUT2D eigenvalue weighted by Crippen LogP contribution is -2.09. The Morgan fingerprint density at radius 1 is 1.35 bits per heavy atom. The van der Waals surface area contributed by atoms with Gasteiger partial charge in [0, 0.05) is 22.0 Å². The predicted octanol–water partition coefficient (Wildman–Crippen LogP) is 3.17. The fourth-order valence-corrected chi connectivity index (χ4v) is 3.12.